The van der Waals surface area contributed by atoms with Gasteiger partial charge in [-0.05, 0) is 24.3 Å². The number of aromatic carboxylic acids is 1. The average molecular weight is 360 g/mol. The van der Waals surface area contributed by atoms with Gasteiger partial charge in [-0.2, -0.15) is 0 Å². The molecule has 0 saturated heterocycles. The fourth-order valence-electron chi connectivity index (χ4n) is 2.33. The zero-order valence-corrected chi connectivity index (χ0v) is 14.8. The molecule has 0 spiro atoms. The molecule has 0 saturated carbocycles. The summed E-state index contributed by atoms with van der Waals surface area (Å²) in [5.74, 6) is -0.652. The molecule has 138 valence electrons. The van der Waals surface area contributed by atoms with Crippen LogP contribution in [0, 0.1) is 0 Å². The van der Waals surface area contributed by atoms with Crippen LogP contribution in [0.15, 0.2) is 36.4 Å². The molecule has 0 fully saturated rings. The van der Waals surface area contributed by atoms with Gasteiger partial charge < -0.3 is 24.2 Å². The van der Waals surface area contributed by atoms with Crippen molar-refractivity contribution in [3.05, 3.63) is 47.8 Å². The molecule has 1 heterocycles. The Bertz CT molecular complexity index is 793. The highest BCUT2D eigenvalue weighted by Gasteiger charge is 2.21. The van der Waals surface area contributed by atoms with E-state index in [0.29, 0.717) is 23.8 Å². The van der Waals surface area contributed by atoms with Crippen LogP contribution in [-0.4, -0.2) is 56.4 Å². The number of nitrogens with zero attached hydrogens (tertiary/aromatic N) is 2. The Hall–Kier alpha value is -3.13. The number of hydrogen-bond acceptors (Lipinski definition) is 6. The van der Waals surface area contributed by atoms with Crippen LogP contribution in [-0.2, 0) is 4.74 Å². The first-order valence-electron chi connectivity index (χ1n) is 7.75. The van der Waals surface area contributed by atoms with Gasteiger partial charge in [0.1, 0.15) is 11.4 Å². The highest BCUT2D eigenvalue weighted by molar-refractivity contribution is 6.05. The van der Waals surface area contributed by atoms with Gasteiger partial charge >= 0.3 is 5.97 Å². The first kappa shape index (κ1) is 19.2. The summed E-state index contributed by atoms with van der Waals surface area (Å²) in [5, 5.41) is 9.08. The molecule has 2 aromatic rings. The standard InChI is InChI=1S/C18H20N2O6/c1-24-10-9-20(12-7-8-15(25-2)16(11-12)26-3)17(21)13-5-4-6-14(19-13)18(22)23/h4-8,11H,9-10H2,1-3H3,(H,22,23). The Morgan fingerprint density at radius 2 is 1.73 bits per heavy atom. The Balaban J connectivity index is 2.42. The van der Waals surface area contributed by atoms with E-state index in [-0.39, 0.29) is 17.9 Å². The minimum absolute atomic E-state index is 0.0239. The Labute approximate surface area is 150 Å². The number of carboxylic acid groups (broad SMARTS) is 1. The third-order valence-corrected chi connectivity index (χ3v) is 3.63. The molecule has 0 atom stereocenters. The molecular weight excluding hydrogens is 340 g/mol. The van der Waals surface area contributed by atoms with E-state index in [1.54, 1.807) is 18.2 Å². The summed E-state index contributed by atoms with van der Waals surface area (Å²) in [5.41, 5.74) is 0.373. The van der Waals surface area contributed by atoms with Crippen LogP contribution in [0.4, 0.5) is 5.69 Å². The van der Waals surface area contributed by atoms with E-state index >= 15 is 0 Å². The monoisotopic (exact) mass is 360 g/mol. The molecule has 0 radical (unpaired) electrons. The van der Waals surface area contributed by atoms with Gasteiger partial charge in [0, 0.05) is 25.4 Å². The highest BCUT2D eigenvalue weighted by atomic mass is 16.5. The van der Waals surface area contributed by atoms with E-state index in [1.807, 2.05) is 0 Å². The molecular formula is C18H20N2O6. The molecule has 0 unspecified atom stereocenters. The molecule has 0 aliphatic rings. The summed E-state index contributed by atoms with van der Waals surface area (Å²) in [7, 11) is 4.55. The maximum absolute atomic E-state index is 12.9. The highest BCUT2D eigenvalue weighted by Crippen LogP contribution is 2.32. The number of anilines is 1. The van der Waals surface area contributed by atoms with Crippen LogP contribution >= 0.6 is 0 Å². The minimum Gasteiger partial charge on any atom is -0.493 e. The summed E-state index contributed by atoms with van der Waals surface area (Å²) in [4.78, 5) is 29.4. The molecule has 8 heteroatoms. The van der Waals surface area contributed by atoms with Gasteiger partial charge in [-0.25, -0.2) is 9.78 Å². The third kappa shape index (κ3) is 4.28. The zero-order chi connectivity index (χ0) is 19.1. The quantitative estimate of drug-likeness (QED) is 0.769. The van der Waals surface area contributed by atoms with Crippen LogP contribution < -0.4 is 14.4 Å². The molecule has 0 aliphatic heterocycles. The maximum Gasteiger partial charge on any atom is 0.354 e. The summed E-state index contributed by atoms with van der Waals surface area (Å²) >= 11 is 0. The predicted molar refractivity (Wildman–Crippen MR) is 94.3 cm³/mol. The van der Waals surface area contributed by atoms with Gasteiger partial charge in [0.05, 0.1) is 20.8 Å². The molecule has 1 amide bonds. The fourth-order valence-corrected chi connectivity index (χ4v) is 2.33. The van der Waals surface area contributed by atoms with E-state index in [4.69, 9.17) is 19.3 Å². The van der Waals surface area contributed by atoms with Gasteiger partial charge in [0.2, 0.25) is 0 Å². The van der Waals surface area contributed by atoms with Crippen molar-refractivity contribution in [2.75, 3.05) is 39.4 Å². The van der Waals surface area contributed by atoms with Crippen LogP contribution in [0.1, 0.15) is 21.0 Å². The van der Waals surface area contributed by atoms with Gasteiger partial charge in [0.15, 0.2) is 11.5 Å². The number of hydrogen-bond donors (Lipinski definition) is 1. The van der Waals surface area contributed by atoms with Gasteiger partial charge in [0.25, 0.3) is 5.91 Å². The first-order chi connectivity index (χ1) is 12.5. The van der Waals surface area contributed by atoms with Crippen molar-refractivity contribution in [1.29, 1.82) is 0 Å². The number of carboxylic acids is 1. The molecule has 8 nitrogen and oxygen atoms in total. The Kier molecular flexibility index (Phi) is 6.51. The van der Waals surface area contributed by atoms with Crippen LogP contribution in [0.3, 0.4) is 0 Å². The van der Waals surface area contributed by atoms with Crippen molar-refractivity contribution < 1.29 is 28.9 Å². The molecule has 2 rings (SSSR count). The third-order valence-electron chi connectivity index (χ3n) is 3.63. The molecule has 0 bridgehead atoms. The molecule has 1 aromatic heterocycles. The number of carbonyl (C=O) groups excluding carboxylic acids is 1. The van der Waals surface area contributed by atoms with Gasteiger partial charge in [-0.15, -0.1) is 0 Å². The van der Waals surface area contributed by atoms with Crippen molar-refractivity contribution in [3.8, 4) is 11.5 Å². The number of pyridine rings is 1. The number of ether oxygens (including phenoxy) is 3. The van der Waals surface area contributed by atoms with Crippen molar-refractivity contribution in [1.82, 2.24) is 4.98 Å². The minimum atomic E-state index is -1.20. The van der Waals surface area contributed by atoms with E-state index in [1.165, 1.54) is 44.4 Å². The van der Waals surface area contributed by atoms with Crippen molar-refractivity contribution in [3.63, 3.8) is 0 Å². The van der Waals surface area contributed by atoms with Crippen molar-refractivity contribution >= 4 is 17.6 Å². The van der Waals surface area contributed by atoms with E-state index in [9.17, 15) is 9.59 Å². The number of carbonyl (C=O) groups is 2. The average Bonchev–Trinajstić information content (AvgIpc) is 2.67. The largest absolute Gasteiger partial charge is 0.493 e. The topological polar surface area (TPSA) is 98.2 Å². The number of rotatable bonds is 8. The van der Waals surface area contributed by atoms with E-state index in [0.717, 1.165) is 0 Å². The Morgan fingerprint density at radius 1 is 1.04 bits per heavy atom. The molecule has 1 N–H and O–H groups in total. The normalized spacial score (nSPS) is 10.3. The second-order valence-corrected chi connectivity index (χ2v) is 5.20. The number of methoxy groups -OCH3 is 3. The number of amides is 1. The second kappa shape index (κ2) is 8.82. The van der Waals surface area contributed by atoms with E-state index < -0.39 is 11.9 Å². The van der Waals surface area contributed by atoms with Gasteiger partial charge in [-0.1, -0.05) is 6.07 Å². The van der Waals surface area contributed by atoms with Crippen molar-refractivity contribution in [2.45, 2.75) is 0 Å². The Morgan fingerprint density at radius 3 is 2.35 bits per heavy atom. The summed E-state index contributed by atoms with van der Waals surface area (Å²) in [6, 6.07) is 9.32. The summed E-state index contributed by atoms with van der Waals surface area (Å²) < 4.78 is 15.6. The molecule has 26 heavy (non-hydrogen) atoms. The van der Waals surface area contributed by atoms with Crippen LogP contribution in [0.25, 0.3) is 0 Å². The number of benzene rings is 1. The van der Waals surface area contributed by atoms with Crippen molar-refractivity contribution in [2.24, 2.45) is 0 Å². The lowest BCUT2D eigenvalue weighted by Crippen LogP contribution is -2.34. The van der Waals surface area contributed by atoms with Crippen LogP contribution in [0.2, 0.25) is 0 Å². The molecule has 1 aromatic carbocycles. The smallest absolute Gasteiger partial charge is 0.354 e. The predicted octanol–water partition coefficient (Wildman–Crippen LogP) is 2.09. The van der Waals surface area contributed by atoms with Gasteiger partial charge in [-0.3, -0.25) is 4.79 Å². The lowest BCUT2D eigenvalue weighted by atomic mass is 10.2. The zero-order valence-electron chi connectivity index (χ0n) is 14.8. The van der Waals surface area contributed by atoms with Crippen LogP contribution in [0.5, 0.6) is 11.5 Å². The maximum atomic E-state index is 12.9. The first-order valence-corrected chi connectivity index (χ1v) is 7.75. The fraction of sp³-hybridized carbons (Fsp3) is 0.278. The summed E-state index contributed by atoms with van der Waals surface area (Å²) in [6.45, 7) is 0.544. The summed E-state index contributed by atoms with van der Waals surface area (Å²) in [6.07, 6.45) is 0. The SMILES string of the molecule is COCCN(C(=O)c1cccc(C(=O)O)n1)c1ccc(OC)c(OC)c1. The number of aromatic nitrogens is 1. The second-order valence-electron chi connectivity index (χ2n) is 5.20. The van der Waals surface area contributed by atoms with E-state index in [2.05, 4.69) is 4.98 Å². The lowest BCUT2D eigenvalue weighted by Gasteiger charge is -2.23. The lowest BCUT2D eigenvalue weighted by molar-refractivity contribution is 0.0690. The molecule has 0 aliphatic carbocycles.